The zero-order chi connectivity index (χ0) is 73.7. The van der Waals surface area contributed by atoms with Crippen molar-refractivity contribution >= 4 is 80.1 Å². The number of nitrogens with one attached hydrogen (secondary N) is 1. The molecule has 28 heteroatoms. The summed E-state index contributed by atoms with van der Waals surface area (Å²) >= 11 is 0. The van der Waals surface area contributed by atoms with Crippen molar-refractivity contribution in [2.45, 2.75) is 152 Å². The second-order valence-electron chi connectivity index (χ2n) is 22.3. The Morgan fingerprint density at radius 2 is 0.757 bits per heavy atom. The summed E-state index contributed by atoms with van der Waals surface area (Å²) in [4.78, 5) is 109. The molecule has 7 aliphatic rings. The third kappa shape index (κ3) is 27.4. The minimum Gasteiger partial charge on any atom is -0.373 e. The van der Waals surface area contributed by atoms with Crippen molar-refractivity contribution in [2.75, 3.05) is 73.1 Å². The smallest absolute Gasteiger partial charge is 0.373 e. The number of piperidine rings is 2. The zero-order valence-corrected chi connectivity index (χ0v) is 60.0. The van der Waals surface area contributed by atoms with Crippen LogP contribution in [0.15, 0.2) is 70.5 Å². The van der Waals surface area contributed by atoms with Crippen LogP contribution in [0.1, 0.15) is 119 Å². The first-order valence-corrected chi connectivity index (χ1v) is 34.9. The average molecular weight is 1470 g/mol. The molecular formula is C75H81ClN8O17S2. The monoisotopic (exact) mass is 1460 g/mol. The Hall–Kier alpha value is -10.5. The molecule has 25 nitrogen and oxygen atoms in total. The normalized spacial score (nSPS) is 17.4. The molecule has 0 radical (unpaired) electrons. The van der Waals surface area contributed by atoms with Gasteiger partial charge in [0.1, 0.15) is 0 Å². The predicted octanol–water partition coefficient (Wildman–Crippen LogP) is 5.09. The van der Waals surface area contributed by atoms with E-state index in [4.69, 9.17) is 14.3 Å². The van der Waals surface area contributed by atoms with Crippen molar-refractivity contribution < 1.29 is 79.2 Å². The number of ether oxygens (including phenoxy) is 2. The molecule has 2 aromatic rings. The topological polar surface area (TPSA) is 286 Å². The van der Waals surface area contributed by atoms with Gasteiger partial charge in [0.05, 0.1) is 46.3 Å². The molecule has 7 aliphatic heterocycles. The third-order valence-corrected chi connectivity index (χ3v) is 19.8. The number of amides is 7. The van der Waals surface area contributed by atoms with Gasteiger partial charge in [0, 0.05) is 89.4 Å². The van der Waals surface area contributed by atoms with Crippen LogP contribution in [0.5, 0.6) is 0 Å². The molecule has 7 heterocycles. The second kappa shape index (κ2) is 44.7. The van der Waals surface area contributed by atoms with Gasteiger partial charge < -0.3 is 29.4 Å². The molecule has 0 saturated carbocycles. The Bertz CT molecular complexity index is 4180. The van der Waals surface area contributed by atoms with Gasteiger partial charge in [-0.05, 0) is 204 Å². The Morgan fingerprint density at radius 3 is 1.04 bits per heavy atom. The molecular weight excluding hydrogens is 1380 g/mol. The lowest BCUT2D eigenvalue weighted by Gasteiger charge is -2.38. The summed E-state index contributed by atoms with van der Waals surface area (Å²) in [6.45, 7) is 16.8. The van der Waals surface area contributed by atoms with Gasteiger partial charge >= 0.3 is 12.2 Å². The summed E-state index contributed by atoms with van der Waals surface area (Å²) in [7, 11) is -3.84. The Labute approximate surface area is 611 Å². The number of carbonyl (C=O) groups is 8. The van der Waals surface area contributed by atoms with E-state index in [1.807, 2.05) is 6.07 Å². The van der Waals surface area contributed by atoms with E-state index in [1.165, 1.54) is 33.1 Å². The van der Waals surface area contributed by atoms with Crippen molar-refractivity contribution in [2.24, 2.45) is 0 Å². The molecule has 2 atom stereocenters. The lowest BCUT2D eigenvalue weighted by Crippen LogP contribution is -2.49. The van der Waals surface area contributed by atoms with E-state index < -0.39 is 73.3 Å². The molecule has 0 aromatic heterocycles. The first-order chi connectivity index (χ1) is 48.5. The van der Waals surface area contributed by atoms with Gasteiger partial charge in [-0.1, -0.05) is 86.6 Å². The molecule has 2 aromatic carbocycles. The fraction of sp³-hybridized carbons (Fsp3) is 0.440. The van der Waals surface area contributed by atoms with Gasteiger partial charge in [0.25, 0.3) is 35.4 Å². The summed E-state index contributed by atoms with van der Waals surface area (Å²) in [5, 5.41) is 4.38. The number of hydroxylamine groups is 6. The van der Waals surface area contributed by atoms with E-state index in [1.54, 1.807) is 82.5 Å². The number of sulfonamides is 2. The van der Waals surface area contributed by atoms with Crippen LogP contribution in [0.25, 0.3) is 0 Å². The second-order valence-corrected chi connectivity index (χ2v) is 26.3. The number of nitrogens with zero attached hydrogens (tertiary/aromatic N) is 7. The van der Waals surface area contributed by atoms with Crippen LogP contribution in [0.2, 0.25) is 0 Å². The number of rotatable bonds is 12. The summed E-state index contributed by atoms with van der Waals surface area (Å²) in [5.74, 6) is 51.8. The zero-order valence-electron chi connectivity index (χ0n) is 57.6. The summed E-state index contributed by atoms with van der Waals surface area (Å²) < 4.78 is 66.0. The highest BCUT2D eigenvalue weighted by molar-refractivity contribution is 7.89. The molecule has 0 aliphatic carbocycles. The fourth-order valence-electron chi connectivity index (χ4n) is 10.3. The molecule has 9 rings (SSSR count). The lowest BCUT2D eigenvalue weighted by molar-refractivity contribution is -0.198. The highest BCUT2D eigenvalue weighted by Crippen LogP contribution is 2.40. The molecule has 2 spiro atoms. The first-order valence-electron chi connectivity index (χ1n) is 32.1. The van der Waals surface area contributed by atoms with E-state index in [2.05, 4.69) is 171 Å². The number of likely N-dealkylation sites (N-methyl/N-ethyl adjacent to an activating group) is 2. The van der Waals surface area contributed by atoms with Crippen molar-refractivity contribution in [1.82, 2.24) is 38.9 Å². The van der Waals surface area contributed by atoms with Gasteiger partial charge in [-0.2, -0.15) is 13.4 Å². The highest BCUT2D eigenvalue weighted by atomic mass is 35.5. The van der Waals surface area contributed by atoms with Crippen LogP contribution in [0.3, 0.4) is 0 Å². The Balaban J connectivity index is 0.000000349. The number of likely N-dealkylation sites (tertiary alicyclic amines) is 1. The van der Waals surface area contributed by atoms with Crippen molar-refractivity contribution in [3.63, 3.8) is 0 Å². The molecule has 7 amide bonds. The maximum Gasteiger partial charge on any atom is 0.560 e. The summed E-state index contributed by atoms with van der Waals surface area (Å²) in [6.07, 6.45) is 1.89. The first kappa shape index (κ1) is 86.7. The minimum atomic E-state index is -3.63. The van der Waals surface area contributed by atoms with Gasteiger partial charge in [0.15, 0.2) is 0 Å². The fourth-order valence-corrected chi connectivity index (χ4v) is 13.1. The quantitative estimate of drug-likeness (QED) is 0.214. The maximum atomic E-state index is 12.9. The SMILES string of the molecule is C.CC#CC#CC#CC#CC#CC#CC#CC#CC#CC#CC#CC.CCN(CC)CC.CN([C@H]1COC2(CCN(C(=O)ON3C(=O)CCC3=O)CC2)C1)S(=O)(=O)c1ccccc1.CN([C@H]1COC2(CCNCC2)C1)S(=O)(=O)c1ccccc1.Cl.O=C(ON1C(=O)CCC1=O)ON1C(=O)CCC1=O. The van der Waals surface area contributed by atoms with Crippen molar-refractivity contribution in [1.29, 1.82) is 0 Å². The molecule has 542 valence electrons. The van der Waals surface area contributed by atoms with Crippen LogP contribution in [-0.4, -0.2) is 195 Å². The molecule has 7 fully saturated rings. The number of benzene rings is 2. The van der Waals surface area contributed by atoms with Gasteiger partial charge in [-0.25, -0.2) is 21.6 Å². The highest BCUT2D eigenvalue weighted by Gasteiger charge is 2.48. The number of imide groups is 3. The van der Waals surface area contributed by atoms with Crippen LogP contribution in [-0.2, 0) is 72.8 Å². The van der Waals surface area contributed by atoms with Gasteiger partial charge in [-0.3, -0.25) is 38.4 Å². The van der Waals surface area contributed by atoms with Crippen molar-refractivity contribution in [3.8, 4) is 130 Å². The number of halogens is 1. The van der Waals surface area contributed by atoms with Crippen LogP contribution in [0, 0.1) is 130 Å². The standard InChI is InChI=1S/C24H6.C20H25N3O7S.C15H22N2O3S.C9H8N2O7.C6H15N.CH4.ClH/c1-3-5-7-9-11-13-15-17-19-21-23-24-22-20-18-16-14-12-10-8-6-4-2;1-21(31(27,28)16-5-3-2-4-6-16)15-13-20(29-14-15)9-11-22(12-10-20)19(26)30-23-17(24)7-8-18(23)25;1-17(21(18,19)14-5-3-2-4-6-14)13-11-15(20-12-13)7-9-16-10-8-15;12-5-1-2-6(13)10(5)17-9(16)18-11-7(14)3-4-8(11)15;1-4-7(5-2)6-3;;/h1-2H3;2-6,15H,7-14H2,1H3;2-6,13,16H,7-12H2,1H3;1-4H2;4-6H2,1-3H3;1H4;1H/t;15-;13-;;;;/m.11..../s1. The Kier molecular flexibility index (Phi) is 37.6. The summed E-state index contributed by atoms with van der Waals surface area (Å²) in [5.41, 5.74) is -0.641. The van der Waals surface area contributed by atoms with E-state index in [9.17, 15) is 55.2 Å². The van der Waals surface area contributed by atoms with E-state index >= 15 is 0 Å². The molecule has 0 bridgehead atoms. The molecule has 1 N–H and O–H groups in total. The Morgan fingerprint density at radius 1 is 0.476 bits per heavy atom. The number of hydrogen-bond acceptors (Lipinski definition) is 19. The number of hydrogen-bond donors (Lipinski definition) is 1. The van der Waals surface area contributed by atoms with Crippen LogP contribution >= 0.6 is 12.4 Å². The lowest BCUT2D eigenvalue weighted by atomic mass is 9.87. The van der Waals surface area contributed by atoms with Crippen LogP contribution in [0.4, 0.5) is 9.59 Å². The minimum absolute atomic E-state index is 0. The predicted molar refractivity (Wildman–Crippen MR) is 382 cm³/mol. The molecule has 0 unspecified atom stereocenters. The average Bonchev–Trinajstić information content (AvgIpc) is 1.68. The van der Waals surface area contributed by atoms with E-state index in [0.29, 0.717) is 48.9 Å². The molecule has 7 saturated heterocycles. The van der Waals surface area contributed by atoms with Gasteiger partial charge in [0.2, 0.25) is 20.0 Å². The van der Waals surface area contributed by atoms with Crippen LogP contribution < -0.4 is 5.32 Å². The van der Waals surface area contributed by atoms with Crippen molar-refractivity contribution in [3.05, 3.63) is 60.7 Å². The third-order valence-electron chi connectivity index (χ3n) is 16.0. The number of carbonyl (C=O) groups excluding carboxylic acids is 8. The van der Waals surface area contributed by atoms with Gasteiger partial charge in [-0.15, -0.1) is 17.5 Å². The largest absolute Gasteiger partial charge is 0.560 e. The van der Waals surface area contributed by atoms with E-state index in [-0.39, 0.29) is 97.7 Å². The summed E-state index contributed by atoms with van der Waals surface area (Å²) in [6, 6.07) is 16.5. The van der Waals surface area contributed by atoms with E-state index in [0.717, 1.165) is 32.4 Å². The molecule has 103 heavy (non-hydrogen) atoms. The maximum absolute atomic E-state index is 12.9.